The van der Waals surface area contributed by atoms with Crippen molar-refractivity contribution in [1.29, 1.82) is 0 Å². The summed E-state index contributed by atoms with van der Waals surface area (Å²) in [7, 11) is 0. The molecule has 1 atom stereocenters. The lowest BCUT2D eigenvalue weighted by molar-refractivity contribution is -0.139. The summed E-state index contributed by atoms with van der Waals surface area (Å²) in [5, 5.41) is 8.48. The van der Waals surface area contributed by atoms with Crippen LogP contribution < -0.4 is 0 Å². The van der Waals surface area contributed by atoms with Crippen molar-refractivity contribution in [1.82, 2.24) is 0 Å². The minimum absolute atomic E-state index is 0.347. The summed E-state index contributed by atoms with van der Waals surface area (Å²) in [6, 6.07) is 0. The van der Waals surface area contributed by atoms with Crippen LogP contribution in [0.4, 0.5) is 0 Å². The Bertz CT molecular complexity index is 147. The molecule has 0 aromatic rings. The van der Waals surface area contributed by atoms with Gasteiger partial charge in [-0.15, -0.1) is 0 Å². The van der Waals surface area contributed by atoms with Gasteiger partial charge < -0.3 is 5.11 Å². The lowest BCUT2D eigenvalue weighted by Crippen LogP contribution is -2.06. The third kappa shape index (κ3) is 3.28. The molecule has 0 aliphatic rings. The first kappa shape index (κ1) is 9.21. The number of hydrogen-bond acceptors (Lipinski definition) is 1. The summed E-state index contributed by atoms with van der Waals surface area (Å²) in [4.78, 5) is 10.3. The Morgan fingerprint density at radius 1 is 1.70 bits per heavy atom. The molecule has 0 aromatic heterocycles. The summed E-state index contributed by atoms with van der Waals surface area (Å²) in [6.45, 7) is 5.64. The van der Waals surface area contributed by atoms with E-state index >= 15 is 0 Å². The third-order valence-corrected chi connectivity index (χ3v) is 1.48. The molecule has 0 fully saturated rings. The largest absolute Gasteiger partial charge is 0.481 e. The molecule has 10 heavy (non-hydrogen) atoms. The van der Waals surface area contributed by atoms with Crippen LogP contribution in [0.1, 0.15) is 27.2 Å². The number of carboxylic acid groups (broad SMARTS) is 1. The van der Waals surface area contributed by atoms with E-state index in [1.54, 1.807) is 13.0 Å². The van der Waals surface area contributed by atoms with Gasteiger partial charge in [0.25, 0.3) is 0 Å². The quantitative estimate of drug-likeness (QED) is 0.612. The van der Waals surface area contributed by atoms with Crippen molar-refractivity contribution in [3.8, 4) is 0 Å². The van der Waals surface area contributed by atoms with Crippen LogP contribution in [0.25, 0.3) is 0 Å². The van der Waals surface area contributed by atoms with Crippen LogP contribution in [0.2, 0.25) is 0 Å². The van der Waals surface area contributed by atoms with E-state index in [2.05, 4.69) is 0 Å². The molecular formula is C8H14O2. The molecule has 0 amide bonds. The van der Waals surface area contributed by atoms with Crippen LogP contribution in [0, 0.1) is 5.92 Å². The summed E-state index contributed by atoms with van der Waals surface area (Å²) in [6.07, 6.45) is 2.71. The number of hydrogen-bond donors (Lipinski definition) is 1. The monoisotopic (exact) mass is 142 g/mol. The van der Waals surface area contributed by atoms with Gasteiger partial charge in [0, 0.05) is 0 Å². The van der Waals surface area contributed by atoms with Crippen LogP contribution in [-0.2, 0) is 4.79 Å². The van der Waals surface area contributed by atoms with Gasteiger partial charge in [-0.1, -0.05) is 18.6 Å². The molecule has 0 aliphatic carbocycles. The summed E-state index contributed by atoms with van der Waals surface area (Å²) >= 11 is 0. The van der Waals surface area contributed by atoms with Crippen molar-refractivity contribution < 1.29 is 9.90 Å². The molecule has 1 unspecified atom stereocenters. The number of carboxylic acids is 1. The predicted molar refractivity (Wildman–Crippen MR) is 40.8 cm³/mol. The standard InChI is InChI=1S/C8H14O2/c1-4-6(2)5-7(3)8(9)10/h5,7H,4H2,1-3H3,(H,9,10)/b6-5-. The average molecular weight is 142 g/mol. The van der Waals surface area contributed by atoms with Crippen LogP contribution in [0.15, 0.2) is 11.6 Å². The molecule has 0 aliphatic heterocycles. The fraction of sp³-hybridized carbons (Fsp3) is 0.625. The van der Waals surface area contributed by atoms with Gasteiger partial charge in [-0.3, -0.25) is 4.79 Å². The fourth-order valence-electron chi connectivity index (χ4n) is 0.616. The van der Waals surface area contributed by atoms with Gasteiger partial charge >= 0.3 is 5.97 Å². The molecule has 0 saturated carbocycles. The smallest absolute Gasteiger partial charge is 0.310 e. The molecule has 0 saturated heterocycles. The van der Waals surface area contributed by atoms with E-state index in [-0.39, 0.29) is 5.92 Å². The van der Waals surface area contributed by atoms with E-state index in [1.807, 2.05) is 13.8 Å². The second-order valence-corrected chi connectivity index (χ2v) is 2.49. The van der Waals surface area contributed by atoms with Crippen LogP contribution in [-0.4, -0.2) is 11.1 Å². The predicted octanol–water partition coefficient (Wildman–Crippen LogP) is 2.06. The number of rotatable bonds is 3. The van der Waals surface area contributed by atoms with E-state index < -0.39 is 5.97 Å². The van der Waals surface area contributed by atoms with Crippen molar-refractivity contribution in [3.63, 3.8) is 0 Å². The Kier molecular flexibility index (Phi) is 3.77. The molecule has 58 valence electrons. The highest BCUT2D eigenvalue weighted by Gasteiger charge is 2.05. The molecule has 0 bridgehead atoms. The molecule has 2 heteroatoms. The zero-order chi connectivity index (χ0) is 8.15. The summed E-state index contributed by atoms with van der Waals surface area (Å²) in [5.74, 6) is -1.10. The first-order valence-corrected chi connectivity index (χ1v) is 3.48. The molecule has 1 N–H and O–H groups in total. The van der Waals surface area contributed by atoms with E-state index in [4.69, 9.17) is 5.11 Å². The molecule has 0 spiro atoms. The fourth-order valence-corrected chi connectivity index (χ4v) is 0.616. The van der Waals surface area contributed by atoms with Gasteiger partial charge in [0.1, 0.15) is 0 Å². The molecule has 0 radical (unpaired) electrons. The summed E-state index contributed by atoms with van der Waals surface area (Å²) in [5.41, 5.74) is 1.13. The Hall–Kier alpha value is -0.790. The second-order valence-electron chi connectivity index (χ2n) is 2.49. The zero-order valence-corrected chi connectivity index (χ0v) is 6.72. The summed E-state index contributed by atoms with van der Waals surface area (Å²) < 4.78 is 0. The molecule has 0 rings (SSSR count). The Labute approximate surface area is 61.6 Å². The average Bonchev–Trinajstić information content (AvgIpc) is 1.87. The molecule has 0 heterocycles. The molecular weight excluding hydrogens is 128 g/mol. The van der Waals surface area contributed by atoms with E-state index in [0.29, 0.717) is 0 Å². The minimum atomic E-state index is -0.757. The van der Waals surface area contributed by atoms with Gasteiger partial charge in [0.05, 0.1) is 5.92 Å². The van der Waals surface area contributed by atoms with Crippen molar-refractivity contribution >= 4 is 5.97 Å². The van der Waals surface area contributed by atoms with Crippen molar-refractivity contribution in [2.45, 2.75) is 27.2 Å². The van der Waals surface area contributed by atoms with Crippen molar-refractivity contribution in [3.05, 3.63) is 11.6 Å². The maximum absolute atomic E-state index is 10.3. The molecule has 0 aromatic carbocycles. The first-order valence-electron chi connectivity index (χ1n) is 3.48. The van der Waals surface area contributed by atoms with Gasteiger partial charge in [0.2, 0.25) is 0 Å². The van der Waals surface area contributed by atoms with Crippen molar-refractivity contribution in [2.75, 3.05) is 0 Å². The Morgan fingerprint density at radius 3 is 2.50 bits per heavy atom. The minimum Gasteiger partial charge on any atom is -0.481 e. The van der Waals surface area contributed by atoms with Gasteiger partial charge in [-0.2, -0.15) is 0 Å². The lowest BCUT2D eigenvalue weighted by atomic mass is 10.1. The van der Waals surface area contributed by atoms with Gasteiger partial charge in [0.15, 0.2) is 0 Å². The van der Waals surface area contributed by atoms with Gasteiger partial charge in [-0.25, -0.2) is 0 Å². The maximum atomic E-state index is 10.3. The van der Waals surface area contributed by atoms with Crippen LogP contribution in [0.3, 0.4) is 0 Å². The van der Waals surface area contributed by atoms with E-state index in [9.17, 15) is 4.79 Å². The van der Waals surface area contributed by atoms with Gasteiger partial charge in [-0.05, 0) is 20.3 Å². The molecule has 2 nitrogen and oxygen atoms in total. The first-order chi connectivity index (χ1) is 4.57. The van der Waals surface area contributed by atoms with Crippen LogP contribution in [0.5, 0.6) is 0 Å². The number of carbonyl (C=O) groups is 1. The number of aliphatic carboxylic acids is 1. The second kappa shape index (κ2) is 4.09. The van der Waals surface area contributed by atoms with E-state index in [0.717, 1.165) is 12.0 Å². The highest BCUT2D eigenvalue weighted by molar-refractivity contribution is 5.71. The number of allylic oxidation sites excluding steroid dienone is 1. The third-order valence-electron chi connectivity index (χ3n) is 1.48. The van der Waals surface area contributed by atoms with E-state index in [1.165, 1.54) is 0 Å². The Morgan fingerprint density at radius 2 is 2.20 bits per heavy atom. The van der Waals surface area contributed by atoms with Crippen molar-refractivity contribution in [2.24, 2.45) is 5.92 Å². The maximum Gasteiger partial charge on any atom is 0.310 e. The van der Waals surface area contributed by atoms with Crippen LogP contribution >= 0.6 is 0 Å². The highest BCUT2D eigenvalue weighted by atomic mass is 16.4. The highest BCUT2D eigenvalue weighted by Crippen LogP contribution is 2.05. The normalized spacial score (nSPS) is 14.9. The lowest BCUT2D eigenvalue weighted by Gasteiger charge is -1.99. The Balaban J connectivity index is 3.99. The zero-order valence-electron chi connectivity index (χ0n) is 6.72. The SMILES string of the molecule is CC/C(C)=C\C(C)C(=O)O. The topological polar surface area (TPSA) is 37.3 Å².